The first-order valence-electron chi connectivity index (χ1n) is 10.6. The maximum Gasteiger partial charge on any atom is 0.244 e. The second-order valence-corrected chi connectivity index (χ2v) is 8.29. The van der Waals surface area contributed by atoms with Crippen LogP contribution in [0.25, 0.3) is 11.1 Å². The van der Waals surface area contributed by atoms with Crippen LogP contribution >= 0.6 is 11.8 Å². The van der Waals surface area contributed by atoms with Gasteiger partial charge in [-0.05, 0) is 60.9 Å². The summed E-state index contributed by atoms with van der Waals surface area (Å²) in [5.74, 6) is 1.38. The number of hydrogen-bond donors (Lipinski definition) is 1. The van der Waals surface area contributed by atoms with E-state index >= 15 is 0 Å². The van der Waals surface area contributed by atoms with Crippen LogP contribution in [0, 0.1) is 0 Å². The van der Waals surface area contributed by atoms with E-state index in [4.69, 9.17) is 14.2 Å². The van der Waals surface area contributed by atoms with Gasteiger partial charge in [-0.1, -0.05) is 24.3 Å². The van der Waals surface area contributed by atoms with Crippen LogP contribution in [0.2, 0.25) is 0 Å². The second kappa shape index (κ2) is 11.1. The summed E-state index contributed by atoms with van der Waals surface area (Å²) in [7, 11) is 4.74. The summed E-state index contributed by atoms with van der Waals surface area (Å²) >= 11 is 1.39. The standard InChI is InChI=1S/C26H29NO5S/c1-6-7-8-9-23(29)27-19-12-10-16-14-21(30-2)25(31-3)26(32-4)24(16)17-11-13-22(33-5)20(28)15-18(17)19/h6-9,11,13-15,19H,10,12H2,1-5H3,(H,27,29)/t19-/m0/s1. The van der Waals surface area contributed by atoms with E-state index in [-0.39, 0.29) is 17.4 Å². The van der Waals surface area contributed by atoms with E-state index in [2.05, 4.69) is 5.32 Å². The van der Waals surface area contributed by atoms with E-state index in [1.165, 1.54) is 17.8 Å². The Morgan fingerprint density at radius 3 is 2.48 bits per heavy atom. The predicted octanol–water partition coefficient (Wildman–Crippen LogP) is 4.70. The van der Waals surface area contributed by atoms with Crippen molar-refractivity contribution in [1.29, 1.82) is 0 Å². The Hall–Kier alpha value is -3.19. The lowest BCUT2D eigenvalue weighted by atomic mass is 9.95. The Balaban J connectivity index is 2.28. The molecule has 0 aliphatic heterocycles. The minimum Gasteiger partial charge on any atom is -0.493 e. The number of aryl methyl sites for hydroxylation is 1. The third-order valence-corrected chi connectivity index (χ3v) is 6.37. The van der Waals surface area contributed by atoms with Crippen LogP contribution in [0.15, 0.2) is 58.3 Å². The van der Waals surface area contributed by atoms with Crippen molar-refractivity contribution in [1.82, 2.24) is 5.32 Å². The molecule has 1 aliphatic rings. The van der Waals surface area contributed by atoms with Crippen LogP contribution in [-0.2, 0) is 11.2 Å². The van der Waals surface area contributed by atoms with Gasteiger partial charge in [0.25, 0.3) is 0 Å². The van der Waals surface area contributed by atoms with Gasteiger partial charge in [0.15, 0.2) is 16.9 Å². The minimum atomic E-state index is -0.355. The molecule has 1 aliphatic carbocycles. The van der Waals surface area contributed by atoms with Gasteiger partial charge >= 0.3 is 0 Å². The Morgan fingerprint density at radius 2 is 1.85 bits per heavy atom. The molecule has 6 nitrogen and oxygen atoms in total. The number of ether oxygens (including phenoxy) is 3. The number of amides is 1. The van der Waals surface area contributed by atoms with Gasteiger partial charge in [-0.15, -0.1) is 11.8 Å². The summed E-state index contributed by atoms with van der Waals surface area (Å²) in [5, 5.41) is 3.07. The fourth-order valence-electron chi connectivity index (χ4n) is 4.09. The number of rotatable bonds is 7. The maximum absolute atomic E-state index is 12.9. The van der Waals surface area contributed by atoms with E-state index in [0.29, 0.717) is 35.0 Å². The van der Waals surface area contributed by atoms with E-state index in [9.17, 15) is 9.59 Å². The van der Waals surface area contributed by atoms with Crippen LogP contribution in [0.5, 0.6) is 17.2 Å². The van der Waals surface area contributed by atoms with Crippen molar-refractivity contribution in [3.63, 3.8) is 0 Å². The average Bonchev–Trinajstić information content (AvgIpc) is 3.06. The first kappa shape index (κ1) is 24.5. The van der Waals surface area contributed by atoms with Crippen molar-refractivity contribution in [2.24, 2.45) is 0 Å². The number of methoxy groups -OCH3 is 3. The quantitative estimate of drug-likeness (QED) is 0.362. The second-order valence-electron chi connectivity index (χ2n) is 7.44. The molecule has 33 heavy (non-hydrogen) atoms. The Bertz CT molecular complexity index is 1160. The zero-order valence-electron chi connectivity index (χ0n) is 19.6. The number of carbonyl (C=O) groups excluding carboxylic acids is 1. The molecule has 7 heteroatoms. The molecule has 1 amide bonds. The smallest absolute Gasteiger partial charge is 0.244 e. The molecule has 174 valence electrons. The van der Waals surface area contributed by atoms with Crippen LogP contribution in [0.3, 0.4) is 0 Å². The highest BCUT2D eigenvalue weighted by molar-refractivity contribution is 7.98. The number of allylic oxidation sites excluding steroid dienone is 3. The van der Waals surface area contributed by atoms with Crippen molar-refractivity contribution in [3.05, 3.63) is 69.9 Å². The number of benzene rings is 1. The normalized spacial score (nSPS) is 15.0. The van der Waals surface area contributed by atoms with E-state index in [1.54, 1.807) is 39.5 Å². The van der Waals surface area contributed by atoms with Gasteiger partial charge in [0, 0.05) is 11.6 Å². The first-order valence-corrected chi connectivity index (χ1v) is 11.9. The van der Waals surface area contributed by atoms with Crippen molar-refractivity contribution >= 4 is 17.7 Å². The number of hydrogen-bond acceptors (Lipinski definition) is 6. The molecule has 0 aromatic heterocycles. The van der Waals surface area contributed by atoms with Gasteiger partial charge in [0.1, 0.15) is 0 Å². The zero-order chi connectivity index (χ0) is 24.0. The zero-order valence-corrected chi connectivity index (χ0v) is 20.4. The summed E-state index contributed by atoms with van der Waals surface area (Å²) in [5.41, 5.74) is 3.32. The largest absolute Gasteiger partial charge is 0.493 e. The number of carbonyl (C=O) groups is 1. The van der Waals surface area contributed by atoms with Gasteiger partial charge < -0.3 is 19.5 Å². The average molecular weight is 468 g/mol. The van der Waals surface area contributed by atoms with E-state index in [1.807, 2.05) is 37.5 Å². The van der Waals surface area contributed by atoms with Crippen LogP contribution < -0.4 is 25.0 Å². The van der Waals surface area contributed by atoms with Crippen molar-refractivity contribution in [2.45, 2.75) is 30.7 Å². The first-order chi connectivity index (χ1) is 16.0. The van der Waals surface area contributed by atoms with Gasteiger partial charge in [0.05, 0.1) is 32.3 Å². The summed E-state index contributed by atoms with van der Waals surface area (Å²) in [6.07, 6.45) is 9.95. The minimum absolute atomic E-state index is 0.0876. The van der Waals surface area contributed by atoms with Gasteiger partial charge in [-0.25, -0.2) is 0 Å². The summed E-state index contributed by atoms with van der Waals surface area (Å²) in [4.78, 5) is 26.2. The van der Waals surface area contributed by atoms with Crippen molar-refractivity contribution < 1.29 is 19.0 Å². The molecule has 0 saturated carbocycles. The number of fused-ring (bicyclic) bond motifs is 3. The third-order valence-electron chi connectivity index (χ3n) is 5.59. The van der Waals surface area contributed by atoms with E-state index < -0.39 is 0 Å². The van der Waals surface area contributed by atoms with Crippen molar-refractivity contribution in [2.75, 3.05) is 27.6 Å². The lowest BCUT2D eigenvalue weighted by Gasteiger charge is -2.19. The topological polar surface area (TPSA) is 73.9 Å². The lowest BCUT2D eigenvalue weighted by molar-refractivity contribution is -0.117. The van der Waals surface area contributed by atoms with Gasteiger partial charge in [0.2, 0.25) is 11.7 Å². The highest BCUT2D eigenvalue weighted by Gasteiger charge is 2.29. The molecule has 0 heterocycles. The maximum atomic E-state index is 12.9. The molecule has 1 N–H and O–H groups in total. The molecule has 2 aromatic carbocycles. The number of thioether (sulfide) groups is 1. The number of nitrogens with one attached hydrogen (secondary N) is 1. The predicted molar refractivity (Wildman–Crippen MR) is 133 cm³/mol. The molecule has 0 bridgehead atoms. The highest BCUT2D eigenvalue weighted by Crippen LogP contribution is 2.50. The summed E-state index contributed by atoms with van der Waals surface area (Å²) in [6.45, 7) is 1.88. The molecular formula is C26H29NO5S. The summed E-state index contributed by atoms with van der Waals surface area (Å²) in [6, 6.07) is 6.97. The molecule has 0 fully saturated rings. The van der Waals surface area contributed by atoms with Crippen molar-refractivity contribution in [3.8, 4) is 28.4 Å². The molecule has 3 rings (SSSR count). The third kappa shape index (κ3) is 5.09. The Kier molecular flexibility index (Phi) is 8.22. The summed E-state index contributed by atoms with van der Waals surface area (Å²) < 4.78 is 17.0. The molecule has 0 unspecified atom stereocenters. The highest BCUT2D eigenvalue weighted by atomic mass is 32.2. The lowest BCUT2D eigenvalue weighted by Crippen LogP contribution is -2.27. The van der Waals surface area contributed by atoms with Crippen LogP contribution in [0.4, 0.5) is 0 Å². The SMILES string of the molecule is CC=CC=CC(=O)N[C@H]1CCc2cc(OC)c(OC)c(OC)c2-c2ccc(SC)c(=O)cc21. The van der Waals surface area contributed by atoms with Gasteiger partial charge in [-0.2, -0.15) is 0 Å². The van der Waals surface area contributed by atoms with Crippen LogP contribution in [0.1, 0.15) is 30.5 Å². The van der Waals surface area contributed by atoms with Gasteiger partial charge in [-0.3, -0.25) is 9.59 Å². The van der Waals surface area contributed by atoms with E-state index in [0.717, 1.165) is 22.3 Å². The molecule has 2 aromatic rings. The molecule has 0 spiro atoms. The molecular weight excluding hydrogens is 438 g/mol. The monoisotopic (exact) mass is 467 g/mol. The fraction of sp³-hybridized carbons (Fsp3) is 0.308. The Labute approximate surface area is 198 Å². The molecule has 0 radical (unpaired) electrons. The molecule has 1 atom stereocenters. The van der Waals surface area contributed by atoms with Crippen LogP contribution in [-0.4, -0.2) is 33.5 Å². The fourth-order valence-corrected chi connectivity index (χ4v) is 4.55. The molecule has 0 saturated heterocycles. The Morgan fingerprint density at radius 1 is 1.09 bits per heavy atom.